The van der Waals surface area contributed by atoms with Gasteiger partial charge in [-0.1, -0.05) is 5.16 Å². The monoisotopic (exact) mass is 311 g/mol. The number of aromatic nitrogens is 5. The first-order valence-corrected chi connectivity index (χ1v) is 6.43. The van der Waals surface area contributed by atoms with Crippen LogP contribution in [-0.2, 0) is 20.0 Å². The molecule has 0 saturated heterocycles. The first-order valence-electron chi connectivity index (χ1n) is 6.43. The Labute approximate surface area is 123 Å². The molecule has 0 aliphatic heterocycles. The zero-order chi connectivity index (χ0) is 15.7. The maximum atomic E-state index is 12.3. The SMILES string of the molecule is Cn1ccc(-c2noc(Cc3ccn(CC(F)(F)F)n3)n2)c1. The highest BCUT2D eigenvalue weighted by molar-refractivity contribution is 5.52. The highest BCUT2D eigenvalue weighted by Gasteiger charge is 2.28. The summed E-state index contributed by atoms with van der Waals surface area (Å²) in [7, 11) is 1.87. The van der Waals surface area contributed by atoms with Crippen molar-refractivity contribution in [2.45, 2.75) is 19.1 Å². The van der Waals surface area contributed by atoms with E-state index < -0.39 is 12.7 Å². The van der Waals surface area contributed by atoms with Gasteiger partial charge in [0.25, 0.3) is 0 Å². The summed E-state index contributed by atoms with van der Waals surface area (Å²) in [6.07, 6.45) is 0.854. The molecular formula is C13H12F3N5O. The third kappa shape index (κ3) is 3.35. The van der Waals surface area contributed by atoms with Gasteiger partial charge in [0, 0.05) is 31.2 Å². The van der Waals surface area contributed by atoms with Crippen molar-refractivity contribution < 1.29 is 17.7 Å². The molecular weight excluding hydrogens is 299 g/mol. The molecule has 116 valence electrons. The van der Waals surface area contributed by atoms with Crippen molar-refractivity contribution in [2.75, 3.05) is 0 Å². The lowest BCUT2D eigenvalue weighted by atomic mass is 10.3. The minimum atomic E-state index is -4.30. The quantitative estimate of drug-likeness (QED) is 0.742. The summed E-state index contributed by atoms with van der Waals surface area (Å²) in [6.45, 7) is -1.12. The molecule has 6 nitrogen and oxygen atoms in total. The summed E-state index contributed by atoms with van der Waals surface area (Å²) in [6, 6.07) is 3.34. The average Bonchev–Trinajstić information content (AvgIpc) is 3.10. The summed E-state index contributed by atoms with van der Waals surface area (Å²) >= 11 is 0. The van der Waals surface area contributed by atoms with E-state index in [-0.39, 0.29) is 6.42 Å². The van der Waals surface area contributed by atoms with Crippen LogP contribution in [0.5, 0.6) is 0 Å². The standard InChI is InChI=1S/C13H12F3N5O/c1-20-4-2-9(7-20)12-17-11(22-19-12)6-10-3-5-21(18-10)8-13(14,15)16/h2-5,7H,6,8H2,1H3. The van der Waals surface area contributed by atoms with Crippen molar-refractivity contribution in [2.24, 2.45) is 7.05 Å². The van der Waals surface area contributed by atoms with E-state index in [0.29, 0.717) is 17.4 Å². The molecule has 0 aliphatic rings. The number of hydrogen-bond donors (Lipinski definition) is 0. The zero-order valence-electron chi connectivity index (χ0n) is 11.6. The Balaban J connectivity index is 1.70. The average molecular weight is 311 g/mol. The lowest BCUT2D eigenvalue weighted by molar-refractivity contribution is -0.142. The van der Waals surface area contributed by atoms with Crippen LogP contribution in [0.1, 0.15) is 11.6 Å². The van der Waals surface area contributed by atoms with Gasteiger partial charge in [-0.3, -0.25) is 4.68 Å². The largest absolute Gasteiger partial charge is 0.408 e. The normalized spacial score (nSPS) is 12.0. The van der Waals surface area contributed by atoms with Crippen LogP contribution in [0.15, 0.2) is 35.2 Å². The van der Waals surface area contributed by atoms with Gasteiger partial charge in [-0.05, 0) is 12.1 Å². The number of hydrogen-bond acceptors (Lipinski definition) is 4. The van der Waals surface area contributed by atoms with Crippen LogP contribution < -0.4 is 0 Å². The van der Waals surface area contributed by atoms with Gasteiger partial charge in [0.05, 0.1) is 12.1 Å². The first-order chi connectivity index (χ1) is 10.4. The van der Waals surface area contributed by atoms with Crippen molar-refractivity contribution in [3.63, 3.8) is 0 Å². The predicted octanol–water partition coefficient (Wildman–Crippen LogP) is 2.42. The predicted molar refractivity (Wildman–Crippen MR) is 69.8 cm³/mol. The molecule has 22 heavy (non-hydrogen) atoms. The van der Waals surface area contributed by atoms with Crippen molar-refractivity contribution in [1.82, 2.24) is 24.5 Å². The van der Waals surface area contributed by atoms with Gasteiger partial charge in [-0.2, -0.15) is 23.3 Å². The fourth-order valence-electron chi connectivity index (χ4n) is 2.00. The van der Waals surface area contributed by atoms with Crippen molar-refractivity contribution >= 4 is 0 Å². The molecule has 0 fully saturated rings. The minimum absolute atomic E-state index is 0.185. The second kappa shape index (κ2) is 5.32. The van der Waals surface area contributed by atoms with Gasteiger partial charge < -0.3 is 9.09 Å². The van der Waals surface area contributed by atoms with E-state index in [1.807, 2.05) is 30.1 Å². The highest BCUT2D eigenvalue weighted by atomic mass is 19.4. The summed E-state index contributed by atoms with van der Waals surface area (Å²) in [5.74, 6) is 0.737. The van der Waals surface area contributed by atoms with Crippen LogP contribution in [0.3, 0.4) is 0 Å². The Hall–Kier alpha value is -2.58. The maximum absolute atomic E-state index is 12.3. The van der Waals surface area contributed by atoms with Crippen LogP contribution >= 0.6 is 0 Å². The lowest BCUT2D eigenvalue weighted by Crippen LogP contribution is -2.18. The smallest absolute Gasteiger partial charge is 0.357 e. The molecule has 0 bridgehead atoms. The molecule has 0 aromatic carbocycles. The number of nitrogens with zero attached hydrogens (tertiary/aromatic N) is 5. The molecule has 0 radical (unpaired) electrons. The van der Waals surface area contributed by atoms with Gasteiger partial charge in [0.2, 0.25) is 11.7 Å². The molecule has 3 aromatic rings. The molecule has 0 saturated carbocycles. The number of halogens is 3. The van der Waals surface area contributed by atoms with Crippen LogP contribution in [-0.4, -0.2) is 30.7 Å². The minimum Gasteiger partial charge on any atom is -0.357 e. The van der Waals surface area contributed by atoms with Gasteiger partial charge in [0.15, 0.2) is 0 Å². The Kier molecular flexibility index (Phi) is 3.47. The van der Waals surface area contributed by atoms with Crippen molar-refractivity contribution in [3.8, 4) is 11.4 Å². The van der Waals surface area contributed by atoms with Crippen LogP contribution in [0.25, 0.3) is 11.4 Å². The van der Waals surface area contributed by atoms with Crippen LogP contribution in [0, 0.1) is 0 Å². The molecule has 3 aromatic heterocycles. The van der Waals surface area contributed by atoms with E-state index in [1.165, 1.54) is 12.3 Å². The maximum Gasteiger partial charge on any atom is 0.408 e. The number of rotatable bonds is 4. The Morgan fingerprint density at radius 2 is 2.05 bits per heavy atom. The molecule has 3 heterocycles. The molecule has 0 aliphatic carbocycles. The van der Waals surface area contributed by atoms with Gasteiger partial charge in [-0.25, -0.2) is 0 Å². The van der Waals surface area contributed by atoms with Gasteiger partial charge >= 0.3 is 6.18 Å². The van der Waals surface area contributed by atoms with E-state index in [9.17, 15) is 13.2 Å². The highest BCUT2D eigenvalue weighted by Crippen LogP contribution is 2.18. The molecule has 0 atom stereocenters. The van der Waals surface area contributed by atoms with E-state index in [0.717, 1.165) is 10.2 Å². The van der Waals surface area contributed by atoms with Gasteiger partial charge in [-0.15, -0.1) is 0 Å². The van der Waals surface area contributed by atoms with Crippen molar-refractivity contribution in [1.29, 1.82) is 0 Å². The van der Waals surface area contributed by atoms with E-state index >= 15 is 0 Å². The summed E-state index contributed by atoms with van der Waals surface area (Å²) < 4.78 is 44.6. The zero-order valence-corrected chi connectivity index (χ0v) is 11.6. The lowest BCUT2D eigenvalue weighted by Gasteiger charge is -2.05. The third-order valence-corrected chi connectivity index (χ3v) is 2.93. The number of alkyl halides is 3. The third-order valence-electron chi connectivity index (χ3n) is 2.93. The van der Waals surface area contributed by atoms with Crippen LogP contribution in [0.4, 0.5) is 13.2 Å². The summed E-state index contributed by atoms with van der Waals surface area (Å²) in [5.41, 5.74) is 1.24. The molecule has 9 heteroatoms. The molecule has 0 N–H and O–H groups in total. The van der Waals surface area contributed by atoms with E-state index in [4.69, 9.17) is 4.52 Å². The van der Waals surface area contributed by atoms with Crippen molar-refractivity contribution in [3.05, 3.63) is 42.3 Å². The molecule has 0 unspecified atom stereocenters. The molecule has 0 amide bonds. The first kappa shape index (κ1) is 14.4. The fourth-order valence-corrected chi connectivity index (χ4v) is 2.00. The van der Waals surface area contributed by atoms with Crippen LogP contribution in [0.2, 0.25) is 0 Å². The Morgan fingerprint density at radius 1 is 1.23 bits per heavy atom. The molecule has 3 rings (SSSR count). The van der Waals surface area contributed by atoms with E-state index in [2.05, 4.69) is 15.2 Å². The summed E-state index contributed by atoms with van der Waals surface area (Å²) in [4.78, 5) is 4.21. The second-order valence-corrected chi connectivity index (χ2v) is 4.87. The Bertz CT molecular complexity index is 771. The van der Waals surface area contributed by atoms with E-state index in [1.54, 1.807) is 0 Å². The fraction of sp³-hybridized carbons (Fsp3) is 0.308. The molecule has 0 spiro atoms. The second-order valence-electron chi connectivity index (χ2n) is 4.87. The summed E-state index contributed by atoms with van der Waals surface area (Å²) in [5, 5.41) is 7.69. The van der Waals surface area contributed by atoms with Gasteiger partial charge in [0.1, 0.15) is 6.54 Å². The topological polar surface area (TPSA) is 61.7 Å². The number of aryl methyl sites for hydroxylation is 1. The Morgan fingerprint density at radius 3 is 2.73 bits per heavy atom.